The number of hydrogen-bond acceptors (Lipinski definition) is 4. The van der Waals surface area contributed by atoms with Gasteiger partial charge in [0.1, 0.15) is 5.75 Å². The van der Waals surface area contributed by atoms with E-state index in [0.29, 0.717) is 19.6 Å². The number of nitrogens with one attached hydrogen (secondary N) is 1. The molecule has 1 aromatic rings. The predicted molar refractivity (Wildman–Crippen MR) is 133 cm³/mol. The number of rotatable bonds is 13. The van der Waals surface area contributed by atoms with E-state index in [4.69, 9.17) is 9.84 Å². The minimum Gasteiger partial charge on any atom is -0.493 e. The topological polar surface area (TPSA) is 88.0 Å². The van der Waals surface area contributed by atoms with Crippen molar-refractivity contribution in [1.29, 1.82) is 0 Å². The molecule has 182 valence electrons. The lowest BCUT2D eigenvalue weighted by Crippen LogP contribution is -2.44. The van der Waals surface area contributed by atoms with Gasteiger partial charge in [0.2, 0.25) is 0 Å². The Hall–Kier alpha value is -2.63. The Labute approximate surface area is 198 Å². The van der Waals surface area contributed by atoms with Crippen molar-refractivity contribution in [3.05, 3.63) is 41.5 Å². The number of hydrogen-bond donors (Lipinski definition) is 2. The summed E-state index contributed by atoms with van der Waals surface area (Å²) in [6, 6.07) is 6.53. The summed E-state index contributed by atoms with van der Waals surface area (Å²) < 4.78 is 6.17. The normalized spacial score (nSPS) is 17.9. The molecule has 1 aliphatic rings. The summed E-state index contributed by atoms with van der Waals surface area (Å²) in [4.78, 5) is 27.9. The number of carboxylic acid groups (broad SMARTS) is 1. The van der Waals surface area contributed by atoms with Crippen molar-refractivity contribution >= 4 is 18.1 Å². The summed E-state index contributed by atoms with van der Waals surface area (Å²) in [5.41, 5.74) is 1.52. The summed E-state index contributed by atoms with van der Waals surface area (Å²) in [7, 11) is 0. The zero-order valence-electron chi connectivity index (χ0n) is 21.0. The van der Waals surface area contributed by atoms with E-state index in [1.165, 1.54) is 11.1 Å². The van der Waals surface area contributed by atoms with E-state index >= 15 is 0 Å². The molecule has 1 heterocycles. The molecule has 1 unspecified atom stereocenters. The third-order valence-electron chi connectivity index (χ3n) is 7.00. The van der Waals surface area contributed by atoms with Crippen LogP contribution in [0.5, 0.6) is 5.75 Å². The number of carbonyl (C=O) groups excluding carboxylic acids is 1. The molecular weight excluding hydrogens is 416 g/mol. The first kappa shape index (κ1) is 26.6. The highest BCUT2D eigenvalue weighted by molar-refractivity contribution is 5.94. The fraction of sp³-hybridized carbons (Fsp3) is 0.593. The first-order valence-electron chi connectivity index (χ1n) is 12.0. The van der Waals surface area contributed by atoms with E-state index in [1.807, 2.05) is 0 Å². The maximum absolute atomic E-state index is 12.7. The van der Waals surface area contributed by atoms with Gasteiger partial charge in [0, 0.05) is 24.7 Å². The van der Waals surface area contributed by atoms with Crippen molar-refractivity contribution in [3.63, 3.8) is 0 Å². The van der Waals surface area contributed by atoms with Crippen molar-refractivity contribution in [2.75, 3.05) is 13.2 Å². The standard InChI is InChI=1S/C27H40N2O4/c1-7-25(3,4)20-11-12-22(21(19-20)26(5,6)8-2)33-18-10-16-28-24(32)27(14-9-17-29-27)15-13-23(30)31/h9,11-12,14,17,19H,7-8,10,13,15-16,18H2,1-6H3,(H,28,32)(H,30,31). The number of amides is 1. The molecule has 6 heteroatoms. The van der Waals surface area contributed by atoms with Crippen LogP contribution in [0.25, 0.3) is 0 Å². The summed E-state index contributed by atoms with van der Waals surface area (Å²) in [6.07, 6.45) is 7.64. The van der Waals surface area contributed by atoms with Crippen molar-refractivity contribution in [1.82, 2.24) is 5.32 Å². The second kappa shape index (κ2) is 11.0. The van der Waals surface area contributed by atoms with Crippen LogP contribution in [0, 0.1) is 0 Å². The number of aliphatic imine (C=N–C) groups is 1. The van der Waals surface area contributed by atoms with Gasteiger partial charge in [0.05, 0.1) is 6.61 Å². The van der Waals surface area contributed by atoms with E-state index in [0.717, 1.165) is 18.6 Å². The van der Waals surface area contributed by atoms with E-state index in [1.54, 1.807) is 18.4 Å². The number of carbonyl (C=O) groups is 2. The van der Waals surface area contributed by atoms with Gasteiger partial charge in [-0.3, -0.25) is 14.6 Å². The molecule has 1 aromatic carbocycles. The fourth-order valence-electron chi connectivity index (χ4n) is 3.72. The third kappa shape index (κ3) is 6.68. The maximum atomic E-state index is 12.7. The Morgan fingerprint density at radius 1 is 1.12 bits per heavy atom. The van der Waals surface area contributed by atoms with Crippen LogP contribution in [0.4, 0.5) is 0 Å². The van der Waals surface area contributed by atoms with Crippen molar-refractivity contribution in [2.45, 2.75) is 90.0 Å². The number of benzene rings is 1. The lowest BCUT2D eigenvalue weighted by atomic mass is 9.76. The zero-order chi connectivity index (χ0) is 24.7. The van der Waals surface area contributed by atoms with Crippen molar-refractivity contribution in [3.8, 4) is 5.75 Å². The van der Waals surface area contributed by atoms with Gasteiger partial charge in [-0.15, -0.1) is 0 Å². The molecule has 1 atom stereocenters. The molecule has 1 amide bonds. The SMILES string of the molecule is CCC(C)(C)c1ccc(OCCCNC(=O)C2(CCC(=O)O)C=CC=N2)c(C(C)(C)CC)c1. The molecule has 6 nitrogen and oxygen atoms in total. The first-order valence-corrected chi connectivity index (χ1v) is 12.0. The van der Waals surface area contributed by atoms with Gasteiger partial charge in [-0.2, -0.15) is 0 Å². The third-order valence-corrected chi connectivity index (χ3v) is 7.00. The fourth-order valence-corrected chi connectivity index (χ4v) is 3.72. The van der Waals surface area contributed by atoms with Gasteiger partial charge < -0.3 is 15.2 Å². The molecule has 0 radical (unpaired) electrons. The molecule has 0 fully saturated rings. The van der Waals surface area contributed by atoms with Crippen LogP contribution in [-0.4, -0.2) is 41.9 Å². The smallest absolute Gasteiger partial charge is 0.303 e. The van der Waals surface area contributed by atoms with Crippen LogP contribution < -0.4 is 10.1 Å². The molecule has 0 saturated carbocycles. The minimum atomic E-state index is -1.11. The van der Waals surface area contributed by atoms with Crippen molar-refractivity contribution in [2.24, 2.45) is 4.99 Å². The van der Waals surface area contributed by atoms with E-state index in [9.17, 15) is 9.59 Å². The Bertz CT molecular complexity index is 887. The summed E-state index contributed by atoms with van der Waals surface area (Å²) >= 11 is 0. The van der Waals surface area contributed by atoms with E-state index in [2.05, 4.69) is 70.1 Å². The molecule has 33 heavy (non-hydrogen) atoms. The number of nitrogens with zero attached hydrogens (tertiary/aromatic N) is 1. The number of aliphatic carboxylic acids is 1. The van der Waals surface area contributed by atoms with Gasteiger partial charge in [0.15, 0.2) is 5.54 Å². The number of allylic oxidation sites excluding steroid dienone is 1. The van der Waals surface area contributed by atoms with Gasteiger partial charge >= 0.3 is 5.97 Å². The lowest BCUT2D eigenvalue weighted by molar-refractivity contribution is -0.137. The molecule has 0 aromatic heterocycles. The molecule has 0 spiro atoms. The molecule has 2 N–H and O–H groups in total. The summed E-state index contributed by atoms with van der Waals surface area (Å²) in [5, 5.41) is 11.9. The largest absolute Gasteiger partial charge is 0.493 e. The molecule has 0 saturated heterocycles. The zero-order valence-corrected chi connectivity index (χ0v) is 21.0. The van der Waals surface area contributed by atoms with Crippen LogP contribution in [-0.2, 0) is 20.4 Å². The molecule has 0 bridgehead atoms. The lowest BCUT2D eigenvalue weighted by Gasteiger charge is -2.30. The number of ether oxygens (including phenoxy) is 1. The monoisotopic (exact) mass is 456 g/mol. The second-order valence-corrected chi connectivity index (χ2v) is 10.1. The average molecular weight is 457 g/mol. The average Bonchev–Trinajstić information content (AvgIpc) is 3.27. The van der Waals surface area contributed by atoms with Crippen LogP contribution in [0.3, 0.4) is 0 Å². The number of carboxylic acids is 1. The van der Waals surface area contributed by atoms with Crippen LogP contribution >= 0.6 is 0 Å². The van der Waals surface area contributed by atoms with E-state index in [-0.39, 0.29) is 29.6 Å². The van der Waals surface area contributed by atoms with Crippen LogP contribution in [0.1, 0.15) is 84.8 Å². The highest BCUT2D eigenvalue weighted by Crippen LogP contribution is 2.38. The quantitative estimate of drug-likeness (QED) is 0.400. The second-order valence-electron chi connectivity index (χ2n) is 10.1. The van der Waals surface area contributed by atoms with Crippen LogP contribution in [0.15, 0.2) is 35.3 Å². The Morgan fingerprint density at radius 3 is 2.39 bits per heavy atom. The Morgan fingerprint density at radius 2 is 1.82 bits per heavy atom. The van der Waals surface area contributed by atoms with Gasteiger partial charge in [-0.1, -0.05) is 53.7 Å². The minimum absolute atomic E-state index is 0.00723. The van der Waals surface area contributed by atoms with Crippen LogP contribution in [0.2, 0.25) is 0 Å². The summed E-state index contributed by atoms with van der Waals surface area (Å²) in [6.45, 7) is 14.3. The Balaban J connectivity index is 1.98. The Kier molecular flexibility index (Phi) is 8.87. The summed E-state index contributed by atoms with van der Waals surface area (Å²) in [5.74, 6) is -0.317. The molecule has 0 aliphatic carbocycles. The molecule has 1 aliphatic heterocycles. The predicted octanol–water partition coefficient (Wildman–Crippen LogP) is 5.19. The molecule has 2 rings (SSSR count). The highest BCUT2D eigenvalue weighted by atomic mass is 16.5. The van der Waals surface area contributed by atoms with Crippen molar-refractivity contribution < 1.29 is 19.4 Å². The molecular formula is C27H40N2O4. The van der Waals surface area contributed by atoms with E-state index < -0.39 is 11.5 Å². The van der Waals surface area contributed by atoms with Gasteiger partial charge in [-0.05, 0) is 60.3 Å². The van der Waals surface area contributed by atoms with Gasteiger partial charge in [0.25, 0.3) is 5.91 Å². The maximum Gasteiger partial charge on any atom is 0.303 e. The van der Waals surface area contributed by atoms with Gasteiger partial charge in [-0.25, -0.2) is 0 Å². The highest BCUT2D eigenvalue weighted by Gasteiger charge is 2.36. The first-order chi connectivity index (χ1) is 15.5.